The molecule has 6 heteroatoms. The first-order valence-corrected chi connectivity index (χ1v) is 6.31. The Balaban J connectivity index is 2.75. The highest BCUT2D eigenvalue weighted by atomic mass is 16.1. The van der Waals surface area contributed by atoms with E-state index in [9.17, 15) is 4.79 Å². The molecule has 0 unspecified atom stereocenters. The second-order valence-electron chi connectivity index (χ2n) is 3.74. The summed E-state index contributed by atoms with van der Waals surface area (Å²) in [6.45, 7) is 7.61. The van der Waals surface area contributed by atoms with Crippen LogP contribution in [0.2, 0.25) is 0 Å². The predicted octanol–water partition coefficient (Wildman–Crippen LogP) is 1.02. The minimum absolute atomic E-state index is 0.0387. The normalized spacial score (nSPS) is 9.94. The van der Waals surface area contributed by atoms with Gasteiger partial charge >= 0.3 is 0 Å². The number of rotatable bonds is 7. The first-order valence-electron chi connectivity index (χ1n) is 6.31. The molecule has 1 heterocycles. The lowest BCUT2D eigenvalue weighted by atomic mass is 10.2. The monoisotopic (exact) mass is 251 g/mol. The van der Waals surface area contributed by atoms with Gasteiger partial charge in [-0.05, 0) is 20.3 Å². The van der Waals surface area contributed by atoms with Crippen LogP contribution >= 0.6 is 0 Å². The minimum atomic E-state index is -0.0387. The third-order valence-corrected chi connectivity index (χ3v) is 2.43. The molecule has 0 radical (unpaired) electrons. The van der Waals surface area contributed by atoms with E-state index >= 15 is 0 Å². The van der Waals surface area contributed by atoms with Crippen LogP contribution in [0.25, 0.3) is 0 Å². The van der Waals surface area contributed by atoms with Crippen molar-refractivity contribution in [3.8, 4) is 0 Å². The van der Waals surface area contributed by atoms with Crippen molar-refractivity contribution in [2.24, 2.45) is 0 Å². The second kappa shape index (κ2) is 7.47. The van der Waals surface area contributed by atoms with Crippen molar-refractivity contribution in [1.29, 1.82) is 0 Å². The molecule has 1 aromatic heterocycles. The molecule has 0 aliphatic carbocycles. The molecule has 6 nitrogen and oxygen atoms in total. The van der Waals surface area contributed by atoms with E-state index in [1.807, 2.05) is 20.8 Å². The van der Waals surface area contributed by atoms with Crippen molar-refractivity contribution in [2.45, 2.75) is 27.2 Å². The van der Waals surface area contributed by atoms with Gasteiger partial charge in [0, 0.05) is 18.7 Å². The average molecular weight is 251 g/mol. The number of amides is 1. The van der Waals surface area contributed by atoms with Gasteiger partial charge in [-0.2, -0.15) is 0 Å². The van der Waals surface area contributed by atoms with Crippen LogP contribution in [0.1, 0.15) is 26.3 Å². The van der Waals surface area contributed by atoms with E-state index in [1.54, 1.807) is 0 Å². The largest absolute Gasteiger partial charge is 0.370 e. The predicted molar refractivity (Wildman–Crippen MR) is 72.7 cm³/mol. The van der Waals surface area contributed by atoms with E-state index in [0.29, 0.717) is 6.54 Å². The molecule has 0 atom stereocenters. The topological polar surface area (TPSA) is 78.9 Å². The lowest BCUT2D eigenvalue weighted by molar-refractivity contribution is -0.119. The van der Waals surface area contributed by atoms with Gasteiger partial charge in [0.25, 0.3) is 0 Å². The van der Waals surface area contributed by atoms with E-state index in [-0.39, 0.29) is 12.5 Å². The van der Waals surface area contributed by atoms with Gasteiger partial charge in [0.1, 0.15) is 18.0 Å². The number of hydrogen-bond donors (Lipinski definition) is 3. The van der Waals surface area contributed by atoms with Crippen LogP contribution < -0.4 is 16.0 Å². The first kappa shape index (κ1) is 14.2. The zero-order valence-electron chi connectivity index (χ0n) is 11.2. The van der Waals surface area contributed by atoms with Gasteiger partial charge in [-0.1, -0.05) is 6.92 Å². The summed E-state index contributed by atoms with van der Waals surface area (Å²) in [4.78, 5) is 19.8. The Morgan fingerprint density at radius 2 is 1.78 bits per heavy atom. The van der Waals surface area contributed by atoms with Crippen LogP contribution in [-0.2, 0) is 11.2 Å². The lowest BCUT2D eigenvalue weighted by Gasteiger charge is -2.13. The Labute approximate surface area is 108 Å². The summed E-state index contributed by atoms with van der Waals surface area (Å²) in [5, 5.41) is 8.97. The van der Waals surface area contributed by atoms with Gasteiger partial charge in [-0.3, -0.25) is 4.79 Å². The summed E-state index contributed by atoms with van der Waals surface area (Å²) in [7, 11) is 0. The molecule has 0 saturated heterocycles. The van der Waals surface area contributed by atoms with Gasteiger partial charge in [0.15, 0.2) is 0 Å². The fourth-order valence-corrected chi connectivity index (χ4v) is 1.64. The molecule has 0 aliphatic rings. The summed E-state index contributed by atoms with van der Waals surface area (Å²) < 4.78 is 0. The molecular weight excluding hydrogens is 230 g/mol. The standard InChI is InChI=1S/C12H21N5O/c1-4-9-11(14-6-3)16-8-17-12(9)15-7-10(18)13-5-2/h8H,4-7H2,1-3H3,(H,13,18)(H2,14,15,16,17). The smallest absolute Gasteiger partial charge is 0.239 e. The van der Waals surface area contributed by atoms with Gasteiger partial charge in [-0.15, -0.1) is 0 Å². The van der Waals surface area contributed by atoms with E-state index in [2.05, 4.69) is 25.9 Å². The van der Waals surface area contributed by atoms with Crippen LogP contribution in [0.15, 0.2) is 6.33 Å². The SMILES string of the molecule is CCNC(=O)CNc1ncnc(NCC)c1CC. The van der Waals surface area contributed by atoms with Gasteiger partial charge in [-0.25, -0.2) is 9.97 Å². The lowest BCUT2D eigenvalue weighted by Crippen LogP contribution is -2.30. The van der Waals surface area contributed by atoms with Crippen molar-refractivity contribution in [3.05, 3.63) is 11.9 Å². The molecule has 1 rings (SSSR count). The molecule has 1 aromatic rings. The second-order valence-corrected chi connectivity index (χ2v) is 3.74. The van der Waals surface area contributed by atoms with Crippen molar-refractivity contribution in [1.82, 2.24) is 15.3 Å². The number of nitrogens with one attached hydrogen (secondary N) is 3. The molecule has 1 amide bonds. The highest BCUT2D eigenvalue weighted by molar-refractivity contribution is 5.80. The van der Waals surface area contributed by atoms with Crippen molar-refractivity contribution >= 4 is 17.5 Å². The van der Waals surface area contributed by atoms with E-state index in [1.165, 1.54) is 6.33 Å². The van der Waals surface area contributed by atoms with Crippen LogP contribution in [0.5, 0.6) is 0 Å². The average Bonchev–Trinajstić information content (AvgIpc) is 2.37. The zero-order valence-corrected chi connectivity index (χ0v) is 11.2. The zero-order chi connectivity index (χ0) is 13.4. The number of carbonyl (C=O) groups excluding carboxylic acids is 1. The molecule has 100 valence electrons. The Morgan fingerprint density at radius 3 is 2.33 bits per heavy atom. The summed E-state index contributed by atoms with van der Waals surface area (Å²) in [6, 6.07) is 0. The third-order valence-electron chi connectivity index (χ3n) is 2.43. The summed E-state index contributed by atoms with van der Waals surface area (Å²) in [5.74, 6) is 1.51. The van der Waals surface area contributed by atoms with E-state index in [0.717, 1.165) is 30.2 Å². The van der Waals surface area contributed by atoms with Crippen LogP contribution in [-0.4, -0.2) is 35.5 Å². The molecule has 0 spiro atoms. The van der Waals surface area contributed by atoms with Gasteiger partial charge in [0.05, 0.1) is 6.54 Å². The fraction of sp³-hybridized carbons (Fsp3) is 0.583. The molecule has 0 aliphatic heterocycles. The van der Waals surface area contributed by atoms with Crippen LogP contribution in [0.3, 0.4) is 0 Å². The van der Waals surface area contributed by atoms with Gasteiger partial charge < -0.3 is 16.0 Å². The van der Waals surface area contributed by atoms with Crippen LogP contribution in [0.4, 0.5) is 11.6 Å². The molecule has 0 fully saturated rings. The first-order chi connectivity index (χ1) is 8.72. The number of carbonyl (C=O) groups is 1. The molecule has 18 heavy (non-hydrogen) atoms. The Kier molecular flexibility index (Phi) is 5.90. The number of likely N-dealkylation sites (N-methyl/N-ethyl adjacent to an activating group) is 1. The minimum Gasteiger partial charge on any atom is -0.370 e. The molecular formula is C12H21N5O. The molecule has 0 saturated carbocycles. The van der Waals surface area contributed by atoms with Crippen molar-refractivity contribution in [3.63, 3.8) is 0 Å². The van der Waals surface area contributed by atoms with E-state index in [4.69, 9.17) is 0 Å². The molecule has 3 N–H and O–H groups in total. The highest BCUT2D eigenvalue weighted by Crippen LogP contribution is 2.19. The summed E-state index contributed by atoms with van der Waals surface area (Å²) >= 11 is 0. The number of nitrogens with zero attached hydrogens (tertiary/aromatic N) is 2. The number of anilines is 2. The Bertz CT molecular complexity index is 394. The maximum Gasteiger partial charge on any atom is 0.239 e. The third kappa shape index (κ3) is 3.87. The van der Waals surface area contributed by atoms with E-state index < -0.39 is 0 Å². The van der Waals surface area contributed by atoms with Crippen LogP contribution in [0, 0.1) is 0 Å². The maximum atomic E-state index is 11.4. The number of aromatic nitrogens is 2. The summed E-state index contributed by atoms with van der Waals surface area (Å²) in [6.07, 6.45) is 2.30. The summed E-state index contributed by atoms with van der Waals surface area (Å²) in [5.41, 5.74) is 1.00. The van der Waals surface area contributed by atoms with Gasteiger partial charge in [0.2, 0.25) is 5.91 Å². The molecule has 0 aromatic carbocycles. The number of hydrogen-bond acceptors (Lipinski definition) is 5. The maximum absolute atomic E-state index is 11.4. The molecule has 0 bridgehead atoms. The Morgan fingerprint density at radius 1 is 1.11 bits per heavy atom. The van der Waals surface area contributed by atoms with Crippen molar-refractivity contribution in [2.75, 3.05) is 30.3 Å². The fourth-order valence-electron chi connectivity index (χ4n) is 1.64. The quantitative estimate of drug-likeness (QED) is 0.674. The highest BCUT2D eigenvalue weighted by Gasteiger charge is 2.09. The van der Waals surface area contributed by atoms with Crippen molar-refractivity contribution < 1.29 is 4.79 Å². The Hall–Kier alpha value is -1.85.